The van der Waals surface area contributed by atoms with Crippen LogP contribution in [0.25, 0.3) is 0 Å². The smallest absolute Gasteiger partial charge is 0.338 e. The Balaban J connectivity index is 2.57. The number of carboxylic acid groups (broad SMARTS) is 1. The highest BCUT2D eigenvalue weighted by atomic mass is 16.4. The van der Waals surface area contributed by atoms with Gasteiger partial charge in [0.1, 0.15) is 0 Å². The Morgan fingerprint density at radius 3 is 2.62 bits per heavy atom. The molecule has 1 aliphatic rings. The first kappa shape index (κ1) is 10.5. The monoisotopic (exact) mass is 215 g/mol. The fourth-order valence-electron chi connectivity index (χ4n) is 1.91. The summed E-state index contributed by atoms with van der Waals surface area (Å²) < 4.78 is 0. The number of carboxylic acids is 1. The first-order chi connectivity index (χ1) is 7.67. The molecule has 1 unspecified atom stereocenters. The van der Waals surface area contributed by atoms with E-state index in [1.54, 1.807) is 24.4 Å². The van der Waals surface area contributed by atoms with Crippen LogP contribution < -0.4 is 5.32 Å². The molecule has 0 radical (unpaired) electrons. The summed E-state index contributed by atoms with van der Waals surface area (Å²) >= 11 is 0. The lowest BCUT2D eigenvalue weighted by Gasteiger charge is -2.30. The molecule has 0 aromatic heterocycles. The van der Waals surface area contributed by atoms with Crippen LogP contribution in [0.3, 0.4) is 0 Å². The normalized spacial score (nSPS) is 22.8. The molecule has 0 saturated heterocycles. The van der Waals surface area contributed by atoms with Gasteiger partial charge in [0.15, 0.2) is 5.54 Å². The van der Waals surface area contributed by atoms with Crippen LogP contribution in [0, 0.1) is 6.92 Å². The number of rotatable bonds is 2. The van der Waals surface area contributed by atoms with Crippen LogP contribution in [0.5, 0.6) is 0 Å². The number of nitrogens with one attached hydrogen (secondary N) is 1. The molecule has 1 aromatic carbocycles. The van der Waals surface area contributed by atoms with Crippen molar-refractivity contribution in [1.29, 1.82) is 0 Å². The van der Waals surface area contributed by atoms with Gasteiger partial charge in [-0.2, -0.15) is 0 Å². The fourth-order valence-corrected chi connectivity index (χ4v) is 1.91. The zero-order chi connectivity index (χ0) is 11.6. The van der Waals surface area contributed by atoms with Gasteiger partial charge in [-0.3, -0.25) is 0 Å². The Morgan fingerprint density at radius 2 is 2.06 bits per heavy atom. The summed E-state index contributed by atoms with van der Waals surface area (Å²) in [5.74, 6) is -0.901. The molecular formula is C13H13NO2. The largest absolute Gasteiger partial charge is 0.479 e. The van der Waals surface area contributed by atoms with Crippen molar-refractivity contribution < 1.29 is 9.90 Å². The summed E-state index contributed by atoms with van der Waals surface area (Å²) in [5.41, 5.74) is 0.584. The molecule has 1 aliphatic heterocycles. The van der Waals surface area contributed by atoms with Crippen LogP contribution in [0.2, 0.25) is 0 Å². The first-order valence-electron chi connectivity index (χ1n) is 5.08. The van der Waals surface area contributed by atoms with E-state index in [1.807, 2.05) is 31.2 Å². The standard InChI is InChI=1S/C13H13NO2/c1-10-6-2-3-7-11(10)13(12(15)16)8-4-5-9-14-13/h2-9,14H,1H3,(H,15,16). The number of aliphatic carboxylic acids is 1. The maximum absolute atomic E-state index is 11.5. The molecule has 3 nitrogen and oxygen atoms in total. The molecular weight excluding hydrogens is 202 g/mol. The van der Waals surface area contributed by atoms with Gasteiger partial charge < -0.3 is 10.4 Å². The summed E-state index contributed by atoms with van der Waals surface area (Å²) in [6.45, 7) is 1.91. The summed E-state index contributed by atoms with van der Waals surface area (Å²) in [7, 11) is 0. The number of aryl methyl sites for hydroxylation is 1. The summed E-state index contributed by atoms with van der Waals surface area (Å²) in [5, 5.41) is 12.3. The highest BCUT2D eigenvalue weighted by Gasteiger charge is 2.38. The molecule has 1 atom stereocenters. The highest BCUT2D eigenvalue weighted by molar-refractivity contribution is 5.84. The van der Waals surface area contributed by atoms with Crippen LogP contribution in [-0.2, 0) is 10.3 Å². The Kier molecular flexibility index (Phi) is 2.52. The zero-order valence-electron chi connectivity index (χ0n) is 8.97. The van der Waals surface area contributed by atoms with Gasteiger partial charge in [0.05, 0.1) is 0 Å². The van der Waals surface area contributed by atoms with E-state index < -0.39 is 11.5 Å². The SMILES string of the molecule is Cc1ccccc1C1(C(=O)O)C=CC=CN1. The van der Waals surface area contributed by atoms with E-state index in [4.69, 9.17) is 0 Å². The van der Waals surface area contributed by atoms with Crippen molar-refractivity contribution in [3.63, 3.8) is 0 Å². The molecule has 3 heteroatoms. The van der Waals surface area contributed by atoms with Crippen LogP contribution >= 0.6 is 0 Å². The summed E-state index contributed by atoms with van der Waals surface area (Å²) in [6, 6.07) is 7.49. The van der Waals surface area contributed by atoms with E-state index in [0.29, 0.717) is 0 Å². The lowest BCUT2D eigenvalue weighted by Crippen LogP contribution is -2.46. The Bertz CT molecular complexity index is 477. The van der Waals surface area contributed by atoms with Gasteiger partial charge in [-0.15, -0.1) is 0 Å². The number of benzene rings is 1. The van der Waals surface area contributed by atoms with Crippen LogP contribution in [0.4, 0.5) is 0 Å². The molecule has 16 heavy (non-hydrogen) atoms. The molecule has 0 amide bonds. The highest BCUT2D eigenvalue weighted by Crippen LogP contribution is 2.28. The van der Waals surface area contributed by atoms with Crippen LogP contribution in [-0.4, -0.2) is 11.1 Å². The van der Waals surface area contributed by atoms with Crippen molar-refractivity contribution in [3.05, 3.63) is 59.8 Å². The third-order valence-electron chi connectivity index (χ3n) is 2.77. The lowest BCUT2D eigenvalue weighted by molar-refractivity contribution is -0.142. The van der Waals surface area contributed by atoms with Gasteiger partial charge in [-0.1, -0.05) is 30.3 Å². The minimum atomic E-state index is -1.14. The average Bonchev–Trinajstić information content (AvgIpc) is 2.30. The molecule has 82 valence electrons. The second-order valence-corrected chi connectivity index (χ2v) is 3.79. The fraction of sp³-hybridized carbons (Fsp3) is 0.154. The van der Waals surface area contributed by atoms with Crippen LogP contribution in [0.1, 0.15) is 11.1 Å². The molecule has 1 heterocycles. The number of hydrogen-bond donors (Lipinski definition) is 2. The van der Waals surface area contributed by atoms with Crippen molar-refractivity contribution >= 4 is 5.97 Å². The quantitative estimate of drug-likeness (QED) is 0.792. The van der Waals surface area contributed by atoms with Crippen molar-refractivity contribution in [2.45, 2.75) is 12.5 Å². The van der Waals surface area contributed by atoms with Crippen LogP contribution in [0.15, 0.2) is 48.7 Å². The van der Waals surface area contributed by atoms with E-state index in [9.17, 15) is 9.90 Å². The van der Waals surface area contributed by atoms with Crippen molar-refractivity contribution in [2.24, 2.45) is 0 Å². The van der Waals surface area contributed by atoms with E-state index in [0.717, 1.165) is 11.1 Å². The molecule has 2 rings (SSSR count). The maximum atomic E-state index is 11.5. The number of carbonyl (C=O) groups is 1. The minimum Gasteiger partial charge on any atom is -0.479 e. The second kappa shape index (κ2) is 3.85. The molecule has 0 aliphatic carbocycles. The molecule has 1 aromatic rings. The zero-order valence-corrected chi connectivity index (χ0v) is 8.97. The van der Waals surface area contributed by atoms with E-state index in [1.165, 1.54) is 0 Å². The Morgan fingerprint density at radius 1 is 1.31 bits per heavy atom. The topological polar surface area (TPSA) is 49.3 Å². The number of hydrogen-bond acceptors (Lipinski definition) is 2. The van der Waals surface area contributed by atoms with E-state index in [2.05, 4.69) is 5.32 Å². The summed E-state index contributed by atoms with van der Waals surface area (Å²) in [6.07, 6.45) is 6.84. The van der Waals surface area contributed by atoms with Crippen molar-refractivity contribution in [2.75, 3.05) is 0 Å². The van der Waals surface area contributed by atoms with Gasteiger partial charge in [0, 0.05) is 0 Å². The third-order valence-corrected chi connectivity index (χ3v) is 2.77. The summed E-state index contributed by atoms with van der Waals surface area (Å²) in [4.78, 5) is 11.5. The minimum absolute atomic E-state index is 0.767. The number of dihydropyridines is 1. The Hall–Kier alpha value is -2.03. The van der Waals surface area contributed by atoms with E-state index >= 15 is 0 Å². The maximum Gasteiger partial charge on any atom is 0.338 e. The van der Waals surface area contributed by atoms with Gasteiger partial charge >= 0.3 is 5.97 Å². The molecule has 0 bridgehead atoms. The second-order valence-electron chi connectivity index (χ2n) is 3.79. The van der Waals surface area contributed by atoms with Crippen molar-refractivity contribution in [1.82, 2.24) is 5.32 Å². The van der Waals surface area contributed by atoms with Gasteiger partial charge in [-0.05, 0) is 36.4 Å². The first-order valence-corrected chi connectivity index (χ1v) is 5.08. The Labute approximate surface area is 94.1 Å². The molecule has 0 saturated carbocycles. The lowest BCUT2D eigenvalue weighted by atomic mass is 9.85. The van der Waals surface area contributed by atoms with Gasteiger partial charge in [-0.25, -0.2) is 4.79 Å². The molecule has 2 N–H and O–H groups in total. The van der Waals surface area contributed by atoms with Crippen molar-refractivity contribution in [3.8, 4) is 0 Å². The molecule has 0 spiro atoms. The predicted octanol–water partition coefficient (Wildman–Crippen LogP) is 1.95. The average molecular weight is 215 g/mol. The van der Waals surface area contributed by atoms with Gasteiger partial charge in [0.25, 0.3) is 0 Å². The third kappa shape index (κ3) is 1.50. The molecule has 0 fully saturated rings. The van der Waals surface area contributed by atoms with E-state index in [-0.39, 0.29) is 0 Å². The van der Waals surface area contributed by atoms with Gasteiger partial charge in [0.2, 0.25) is 0 Å². The number of allylic oxidation sites excluding steroid dienone is 2. The predicted molar refractivity (Wildman–Crippen MR) is 61.9 cm³/mol.